The number of carbonyl (C=O) groups is 2. The number of pyridine rings is 1. The van der Waals surface area contributed by atoms with Crippen LogP contribution in [0.15, 0.2) is 48.8 Å². The Bertz CT molecular complexity index is 1370. The van der Waals surface area contributed by atoms with E-state index in [2.05, 4.69) is 20.6 Å². The zero-order valence-electron chi connectivity index (χ0n) is 22.8. The number of nitrogens with zero attached hydrogens (tertiary/aromatic N) is 5. The molecule has 2 aromatic heterocycles. The van der Waals surface area contributed by atoms with Crippen molar-refractivity contribution in [1.29, 1.82) is 0 Å². The van der Waals surface area contributed by atoms with Gasteiger partial charge in [0.15, 0.2) is 0 Å². The van der Waals surface area contributed by atoms with Crippen LogP contribution < -0.4 is 5.32 Å². The molecule has 0 bridgehead atoms. The predicted molar refractivity (Wildman–Crippen MR) is 152 cm³/mol. The van der Waals surface area contributed by atoms with Gasteiger partial charge in [0.2, 0.25) is 11.8 Å². The maximum atomic E-state index is 14.1. The van der Waals surface area contributed by atoms with E-state index in [4.69, 9.17) is 23.2 Å². The summed E-state index contributed by atoms with van der Waals surface area (Å²) in [5.74, 6) is -0.233. The van der Waals surface area contributed by atoms with Crippen molar-refractivity contribution in [1.82, 2.24) is 30.2 Å². The summed E-state index contributed by atoms with van der Waals surface area (Å²) in [6.07, 6.45) is 5.41. The summed E-state index contributed by atoms with van der Waals surface area (Å²) < 4.78 is 1.62. The van der Waals surface area contributed by atoms with Crippen LogP contribution in [0.3, 0.4) is 0 Å². The summed E-state index contributed by atoms with van der Waals surface area (Å²) in [6, 6.07) is 8.79. The number of aliphatic hydroxyl groups is 1. The van der Waals surface area contributed by atoms with Gasteiger partial charge in [0.05, 0.1) is 27.9 Å². The molecule has 0 spiro atoms. The van der Waals surface area contributed by atoms with Crippen LogP contribution in [0, 0.1) is 5.41 Å². The van der Waals surface area contributed by atoms with Crippen LogP contribution in [-0.2, 0) is 16.0 Å². The van der Waals surface area contributed by atoms with Crippen molar-refractivity contribution < 1.29 is 14.7 Å². The molecule has 3 aromatic rings. The number of carbonyl (C=O) groups excluding carboxylic acids is 2. The van der Waals surface area contributed by atoms with Gasteiger partial charge in [-0.15, -0.1) is 5.10 Å². The average molecular weight is 586 g/mol. The van der Waals surface area contributed by atoms with E-state index < -0.39 is 29.6 Å². The molecule has 2 N–H and O–H groups in total. The number of hydrogen-bond donors (Lipinski definition) is 2. The fourth-order valence-corrected chi connectivity index (χ4v) is 5.61. The average Bonchev–Trinajstić information content (AvgIpc) is 3.51. The predicted octanol–water partition coefficient (Wildman–Crippen LogP) is 4.51. The van der Waals surface area contributed by atoms with Crippen molar-refractivity contribution in [3.05, 3.63) is 75.8 Å². The first-order valence-electron chi connectivity index (χ1n) is 13.6. The van der Waals surface area contributed by atoms with Crippen molar-refractivity contribution >= 4 is 35.0 Å². The van der Waals surface area contributed by atoms with Crippen LogP contribution in [0.25, 0.3) is 0 Å². The van der Waals surface area contributed by atoms with Gasteiger partial charge < -0.3 is 15.3 Å². The van der Waals surface area contributed by atoms with Crippen LogP contribution in [0.4, 0.5) is 0 Å². The van der Waals surface area contributed by atoms with E-state index in [1.165, 1.54) is 4.90 Å². The molecular formula is C29H34Cl2N6O3. The number of β-amino-alcohol motifs (C(OH)–C–C–N with tert-alkyl or cyclic N) is 1. The number of rotatable bonds is 8. The smallest absolute Gasteiger partial charge is 0.248 e. The Morgan fingerprint density at radius 2 is 1.93 bits per heavy atom. The molecule has 1 aromatic carbocycles. The highest BCUT2D eigenvalue weighted by molar-refractivity contribution is 6.42. The molecule has 1 aliphatic carbocycles. The number of halogens is 2. The van der Waals surface area contributed by atoms with Crippen LogP contribution >= 0.6 is 23.2 Å². The van der Waals surface area contributed by atoms with Gasteiger partial charge in [0, 0.05) is 43.4 Å². The minimum Gasteiger partial charge on any atom is -0.391 e. The molecule has 3 unspecified atom stereocenters. The third-order valence-electron chi connectivity index (χ3n) is 7.51. The van der Waals surface area contributed by atoms with Gasteiger partial charge in [-0.2, -0.15) is 0 Å². The van der Waals surface area contributed by atoms with Crippen molar-refractivity contribution in [3.63, 3.8) is 0 Å². The van der Waals surface area contributed by atoms with Gasteiger partial charge in [0.1, 0.15) is 12.1 Å². The Morgan fingerprint density at radius 3 is 2.58 bits per heavy atom. The van der Waals surface area contributed by atoms with Gasteiger partial charge in [-0.1, -0.05) is 61.3 Å². The molecule has 1 saturated carbocycles. The Balaban J connectivity index is 1.40. The Hall–Kier alpha value is -3.01. The standard InChI is InChI=1S/C29H34Cl2N6O3/c1-29(2,3)26(37-16-24(34-35-37)17-7-8-17)28(40)36-15-20(38)14-25(36)27(39)33-23(13-19-6-4-5-11-32-19)18-9-10-21(30)22(31)12-18/h4-6,9-12,16-17,20,23,25-26,38H,7-8,13-15H2,1-3H3,(H,33,39)/t20?,23?,25?,26-/m0/s1. The van der Waals surface area contributed by atoms with Crippen LogP contribution in [0.1, 0.15) is 75.0 Å². The van der Waals surface area contributed by atoms with Crippen molar-refractivity contribution in [2.45, 2.75) is 76.6 Å². The van der Waals surface area contributed by atoms with Gasteiger partial charge >= 0.3 is 0 Å². The lowest BCUT2D eigenvalue weighted by Crippen LogP contribution is -2.51. The number of likely N-dealkylation sites (tertiary alicyclic amines) is 1. The molecule has 9 nitrogen and oxygen atoms in total. The van der Waals surface area contributed by atoms with Crippen LogP contribution in [0.5, 0.6) is 0 Å². The van der Waals surface area contributed by atoms with E-state index in [0.717, 1.165) is 29.8 Å². The van der Waals surface area contributed by atoms with Crippen molar-refractivity contribution in [2.75, 3.05) is 6.54 Å². The number of nitrogens with one attached hydrogen (secondary N) is 1. The zero-order valence-corrected chi connectivity index (χ0v) is 24.3. The molecule has 2 aliphatic rings. The molecule has 2 amide bonds. The van der Waals surface area contributed by atoms with E-state index >= 15 is 0 Å². The largest absolute Gasteiger partial charge is 0.391 e. The first kappa shape index (κ1) is 28.5. The molecule has 1 saturated heterocycles. The third kappa shape index (κ3) is 6.32. The van der Waals surface area contributed by atoms with E-state index in [9.17, 15) is 14.7 Å². The lowest BCUT2D eigenvalue weighted by molar-refractivity contribution is -0.144. The molecule has 1 aliphatic heterocycles. The lowest BCUT2D eigenvalue weighted by atomic mass is 9.85. The SMILES string of the molecule is CC(C)(C)[C@H](C(=O)N1CC(O)CC1C(=O)NC(Cc1ccccn1)c1ccc(Cl)c(Cl)c1)n1cc(C2CC2)nn1. The second kappa shape index (κ2) is 11.5. The topological polar surface area (TPSA) is 113 Å². The summed E-state index contributed by atoms with van der Waals surface area (Å²) >= 11 is 12.5. The van der Waals surface area contributed by atoms with Crippen molar-refractivity contribution in [3.8, 4) is 0 Å². The van der Waals surface area contributed by atoms with E-state index in [0.29, 0.717) is 22.4 Å². The minimum absolute atomic E-state index is 0.0609. The number of benzene rings is 1. The quantitative estimate of drug-likeness (QED) is 0.403. The highest BCUT2D eigenvalue weighted by Gasteiger charge is 2.45. The lowest BCUT2D eigenvalue weighted by Gasteiger charge is -2.35. The maximum Gasteiger partial charge on any atom is 0.248 e. The first-order chi connectivity index (χ1) is 19.0. The Morgan fingerprint density at radius 1 is 1.15 bits per heavy atom. The van der Waals surface area contributed by atoms with E-state index in [1.807, 2.05) is 51.2 Å². The zero-order chi connectivity index (χ0) is 28.6. The summed E-state index contributed by atoms with van der Waals surface area (Å²) in [4.78, 5) is 33.8. The summed E-state index contributed by atoms with van der Waals surface area (Å²) in [5.41, 5.74) is 1.91. The highest BCUT2D eigenvalue weighted by atomic mass is 35.5. The molecule has 40 heavy (non-hydrogen) atoms. The molecule has 2 fully saturated rings. The molecule has 11 heteroatoms. The molecule has 3 heterocycles. The van der Waals surface area contributed by atoms with Crippen LogP contribution in [0.2, 0.25) is 10.0 Å². The molecule has 4 atom stereocenters. The van der Waals surface area contributed by atoms with Gasteiger partial charge in [0.25, 0.3) is 0 Å². The molecular weight excluding hydrogens is 551 g/mol. The highest BCUT2D eigenvalue weighted by Crippen LogP contribution is 2.40. The molecule has 5 rings (SSSR count). The monoisotopic (exact) mass is 584 g/mol. The molecule has 212 valence electrons. The fourth-order valence-electron chi connectivity index (χ4n) is 5.30. The fraction of sp³-hybridized carbons (Fsp3) is 0.483. The summed E-state index contributed by atoms with van der Waals surface area (Å²) in [6.45, 7) is 5.94. The van der Waals surface area contributed by atoms with E-state index in [-0.39, 0.29) is 24.8 Å². The van der Waals surface area contributed by atoms with Crippen molar-refractivity contribution in [2.24, 2.45) is 5.41 Å². The Labute approximate surface area is 243 Å². The summed E-state index contributed by atoms with van der Waals surface area (Å²) in [7, 11) is 0. The van der Waals surface area contributed by atoms with Gasteiger partial charge in [-0.05, 0) is 48.1 Å². The number of amides is 2. The second-order valence-electron chi connectivity index (χ2n) is 11.8. The minimum atomic E-state index is -0.854. The van der Waals surface area contributed by atoms with E-state index in [1.54, 1.807) is 23.0 Å². The normalized spacial score (nSPS) is 20.8. The summed E-state index contributed by atoms with van der Waals surface area (Å²) in [5, 5.41) is 23.1. The second-order valence-corrected chi connectivity index (χ2v) is 12.6. The van der Waals surface area contributed by atoms with Crippen LogP contribution in [-0.4, -0.2) is 60.5 Å². The number of aromatic nitrogens is 4. The van der Waals surface area contributed by atoms with Gasteiger partial charge in [-0.3, -0.25) is 14.6 Å². The Kier molecular flexibility index (Phi) is 8.17. The molecule has 0 radical (unpaired) electrons. The van der Waals surface area contributed by atoms with Gasteiger partial charge in [-0.25, -0.2) is 4.68 Å². The first-order valence-corrected chi connectivity index (χ1v) is 14.3. The number of hydrogen-bond acceptors (Lipinski definition) is 6. The maximum absolute atomic E-state index is 14.1. The third-order valence-corrected chi connectivity index (χ3v) is 8.25. The number of aliphatic hydroxyl groups excluding tert-OH is 1.